The molecule has 3 aromatic rings. The van der Waals surface area contributed by atoms with E-state index < -0.39 is 0 Å². The Labute approximate surface area is 179 Å². The van der Waals surface area contributed by atoms with Crippen molar-refractivity contribution in [3.8, 4) is 6.07 Å². The molecule has 0 unspecified atom stereocenters. The molecule has 3 rings (SSSR count). The van der Waals surface area contributed by atoms with Crippen molar-refractivity contribution < 1.29 is 13.9 Å². The molecule has 0 aliphatic heterocycles. The molecule has 0 bridgehead atoms. The van der Waals surface area contributed by atoms with E-state index in [1.54, 1.807) is 19.7 Å². The fourth-order valence-corrected chi connectivity index (χ4v) is 3.82. The van der Waals surface area contributed by atoms with E-state index >= 15 is 0 Å². The Bertz CT molecular complexity index is 1030. The van der Waals surface area contributed by atoms with Gasteiger partial charge >= 0.3 is 0 Å². The topological polar surface area (TPSA) is 111 Å². The zero-order valence-corrected chi connectivity index (χ0v) is 18.0. The van der Waals surface area contributed by atoms with Crippen molar-refractivity contribution in [1.29, 1.82) is 5.26 Å². The van der Waals surface area contributed by atoms with Crippen molar-refractivity contribution in [2.75, 3.05) is 24.8 Å². The van der Waals surface area contributed by atoms with Crippen LogP contribution in [0.5, 0.6) is 0 Å². The molecule has 3 heterocycles. The number of amides is 1. The minimum Gasteiger partial charge on any atom is -0.467 e. The lowest BCUT2D eigenvalue weighted by Crippen LogP contribution is -2.19. The quantitative estimate of drug-likeness (QED) is 0.390. The maximum Gasteiger partial charge on any atom is 0.235 e. The Morgan fingerprint density at radius 3 is 2.97 bits per heavy atom. The fraction of sp³-hybridized carbons (Fsp3) is 0.400. The van der Waals surface area contributed by atoms with Crippen molar-refractivity contribution in [3.63, 3.8) is 0 Å². The number of methoxy groups -OCH3 is 1. The molecule has 1 amide bonds. The number of hydrogen-bond acceptors (Lipinski definition) is 7. The molecule has 0 radical (unpaired) electrons. The highest BCUT2D eigenvalue weighted by Gasteiger charge is 2.20. The fourth-order valence-electron chi connectivity index (χ4n) is 3.11. The van der Waals surface area contributed by atoms with Gasteiger partial charge in [-0.1, -0.05) is 11.8 Å². The molecule has 0 saturated carbocycles. The Morgan fingerprint density at radius 1 is 1.43 bits per heavy atom. The average Bonchev–Trinajstić information content (AvgIpc) is 3.45. The summed E-state index contributed by atoms with van der Waals surface area (Å²) in [6.45, 7) is 5.59. The first kappa shape index (κ1) is 21.7. The summed E-state index contributed by atoms with van der Waals surface area (Å²) in [6.07, 6.45) is 3.99. The summed E-state index contributed by atoms with van der Waals surface area (Å²) in [5.74, 6) is 1.24. The van der Waals surface area contributed by atoms with Crippen LogP contribution in [0, 0.1) is 25.2 Å². The van der Waals surface area contributed by atoms with Crippen molar-refractivity contribution in [2.45, 2.75) is 38.5 Å². The zero-order valence-electron chi connectivity index (χ0n) is 17.2. The van der Waals surface area contributed by atoms with Crippen molar-refractivity contribution in [3.05, 3.63) is 47.3 Å². The molecule has 3 aromatic heterocycles. The maximum atomic E-state index is 12.7. The predicted molar refractivity (Wildman–Crippen MR) is 112 cm³/mol. The van der Waals surface area contributed by atoms with Crippen LogP contribution in [-0.4, -0.2) is 44.7 Å². The summed E-state index contributed by atoms with van der Waals surface area (Å²) in [5.41, 5.74) is 2.32. The summed E-state index contributed by atoms with van der Waals surface area (Å²) >= 11 is 1.28. The SMILES string of the molecule is COCCCn1c(C)c(C)c(C#N)c1NC(=O)CSc1nncn1Cc1ccco1. The molecule has 9 nitrogen and oxygen atoms in total. The van der Waals surface area contributed by atoms with Gasteiger partial charge in [0.2, 0.25) is 5.91 Å². The smallest absolute Gasteiger partial charge is 0.235 e. The summed E-state index contributed by atoms with van der Waals surface area (Å²) < 4.78 is 14.3. The van der Waals surface area contributed by atoms with E-state index in [9.17, 15) is 10.1 Å². The number of anilines is 1. The minimum absolute atomic E-state index is 0.142. The lowest BCUT2D eigenvalue weighted by Gasteiger charge is -2.13. The van der Waals surface area contributed by atoms with Crippen molar-refractivity contribution in [2.24, 2.45) is 0 Å². The number of rotatable bonds is 10. The van der Waals surface area contributed by atoms with Crippen molar-refractivity contribution >= 4 is 23.5 Å². The van der Waals surface area contributed by atoms with Crippen LogP contribution in [0.1, 0.15) is 29.0 Å². The van der Waals surface area contributed by atoms with Gasteiger partial charge in [-0.2, -0.15) is 5.26 Å². The van der Waals surface area contributed by atoms with Crippen LogP contribution in [0.3, 0.4) is 0 Å². The van der Waals surface area contributed by atoms with Gasteiger partial charge in [0.05, 0.1) is 24.1 Å². The van der Waals surface area contributed by atoms with Gasteiger partial charge in [0, 0.05) is 26.0 Å². The number of ether oxygens (including phenoxy) is 1. The molecule has 1 N–H and O–H groups in total. The van der Waals surface area contributed by atoms with E-state index in [1.165, 1.54) is 11.8 Å². The third kappa shape index (κ3) is 4.93. The molecule has 0 aliphatic rings. The molecule has 158 valence electrons. The molecule has 30 heavy (non-hydrogen) atoms. The van der Waals surface area contributed by atoms with Gasteiger partial charge in [-0.3, -0.25) is 4.79 Å². The minimum atomic E-state index is -0.213. The number of nitriles is 1. The van der Waals surface area contributed by atoms with Crippen LogP contribution in [0.4, 0.5) is 5.82 Å². The number of nitrogens with zero attached hydrogens (tertiary/aromatic N) is 5. The molecule has 0 aliphatic carbocycles. The summed E-state index contributed by atoms with van der Waals surface area (Å²) in [5, 5.41) is 21.1. The lowest BCUT2D eigenvalue weighted by molar-refractivity contribution is -0.113. The number of hydrogen-bond donors (Lipinski definition) is 1. The standard InChI is InChI=1S/C20H24N6O3S/c1-14-15(2)26(7-5-8-28-3)19(17(14)10-21)23-18(27)12-30-20-24-22-13-25(20)11-16-6-4-9-29-16/h4,6,9,13H,5,7-8,11-12H2,1-3H3,(H,23,27). The van der Waals surface area contributed by atoms with Gasteiger partial charge < -0.3 is 23.6 Å². The number of carbonyl (C=O) groups is 1. The molecule has 10 heteroatoms. The number of thioether (sulfide) groups is 1. The molecule has 0 spiro atoms. The van der Waals surface area contributed by atoms with Crippen LogP contribution >= 0.6 is 11.8 Å². The van der Waals surface area contributed by atoms with E-state index in [2.05, 4.69) is 21.6 Å². The highest BCUT2D eigenvalue weighted by Crippen LogP contribution is 2.27. The number of aromatic nitrogens is 4. The molecular weight excluding hydrogens is 404 g/mol. The van der Waals surface area contributed by atoms with Crippen LogP contribution < -0.4 is 5.32 Å². The molecule has 0 atom stereocenters. The van der Waals surface area contributed by atoms with Gasteiger partial charge in [0.1, 0.15) is 24.0 Å². The van der Waals surface area contributed by atoms with E-state index in [0.717, 1.165) is 23.4 Å². The first-order chi connectivity index (χ1) is 14.5. The van der Waals surface area contributed by atoms with E-state index in [4.69, 9.17) is 9.15 Å². The Hall–Kier alpha value is -3.03. The number of furan rings is 1. The second kappa shape index (κ2) is 10.1. The largest absolute Gasteiger partial charge is 0.467 e. The maximum absolute atomic E-state index is 12.7. The second-order valence-electron chi connectivity index (χ2n) is 6.70. The molecule has 0 saturated heterocycles. The van der Waals surface area contributed by atoms with Crippen molar-refractivity contribution in [1.82, 2.24) is 19.3 Å². The normalized spacial score (nSPS) is 10.9. The van der Waals surface area contributed by atoms with E-state index in [1.807, 2.05) is 35.1 Å². The third-order valence-electron chi connectivity index (χ3n) is 4.75. The Kier molecular flexibility index (Phi) is 7.32. The summed E-state index contributed by atoms with van der Waals surface area (Å²) in [6, 6.07) is 5.90. The first-order valence-corrected chi connectivity index (χ1v) is 10.4. The first-order valence-electron chi connectivity index (χ1n) is 9.46. The summed E-state index contributed by atoms with van der Waals surface area (Å²) in [4.78, 5) is 12.7. The van der Waals surface area contributed by atoms with E-state index in [0.29, 0.717) is 36.2 Å². The highest BCUT2D eigenvalue weighted by molar-refractivity contribution is 7.99. The summed E-state index contributed by atoms with van der Waals surface area (Å²) in [7, 11) is 1.65. The zero-order chi connectivity index (χ0) is 21.5. The Morgan fingerprint density at radius 2 is 2.27 bits per heavy atom. The molecular formula is C20H24N6O3S. The van der Waals surface area contributed by atoms with Gasteiger partial charge in [0.15, 0.2) is 5.16 Å². The van der Waals surface area contributed by atoms with Crippen LogP contribution in [-0.2, 0) is 22.6 Å². The lowest BCUT2D eigenvalue weighted by atomic mass is 10.2. The molecule has 0 aromatic carbocycles. The van der Waals surface area contributed by atoms with Gasteiger partial charge in [-0.25, -0.2) is 0 Å². The van der Waals surface area contributed by atoms with Gasteiger partial charge in [-0.15, -0.1) is 10.2 Å². The second-order valence-corrected chi connectivity index (χ2v) is 7.64. The Balaban J connectivity index is 1.67. The van der Waals surface area contributed by atoms with Crippen LogP contribution in [0.25, 0.3) is 0 Å². The predicted octanol–water partition coefficient (Wildman–Crippen LogP) is 2.98. The van der Waals surface area contributed by atoms with E-state index in [-0.39, 0.29) is 11.7 Å². The van der Waals surface area contributed by atoms with Gasteiger partial charge in [-0.05, 0) is 38.0 Å². The highest BCUT2D eigenvalue weighted by atomic mass is 32.2. The number of carbonyl (C=O) groups excluding carboxylic acids is 1. The van der Waals surface area contributed by atoms with Crippen LogP contribution in [0.15, 0.2) is 34.3 Å². The average molecular weight is 429 g/mol. The molecule has 0 fully saturated rings. The van der Waals surface area contributed by atoms with Gasteiger partial charge in [0.25, 0.3) is 0 Å². The third-order valence-corrected chi connectivity index (χ3v) is 5.73. The number of nitrogens with one attached hydrogen (secondary N) is 1. The van der Waals surface area contributed by atoms with Crippen LogP contribution in [0.2, 0.25) is 0 Å². The monoisotopic (exact) mass is 428 g/mol.